The first-order valence-electron chi connectivity index (χ1n) is 11.9. The molecule has 1 atom stereocenters. The van der Waals surface area contributed by atoms with Crippen molar-refractivity contribution in [1.29, 1.82) is 0 Å². The molecule has 0 radical (unpaired) electrons. The van der Waals surface area contributed by atoms with Crippen LogP contribution in [0.3, 0.4) is 0 Å². The van der Waals surface area contributed by atoms with Gasteiger partial charge >= 0.3 is 5.97 Å². The number of fused-ring (bicyclic) bond motifs is 1. The molecular weight excluding hydrogens is 434 g/mol. The van der Waals surface area contributed by atoms with Crippen molar-refractivity contribution in [2.75, 3.05) is 0 Å². The number of aliphatic carboxylic acids is 1. The third-order valence-corrected chi connectivity index (χ3v) is 6.80. The van der Waals surface area contributed by atoms with Gasteiger partial charge in [-0.1, -0.05) is 109 Å². The minimum absolute atomic E-state index is 0.186. The van der Waals surface area contributed by atoms with E-state index >= 15 is 0 Å². The van der Waals surface area contributed by atoms with Crippen LogP contribution in [0.4, 0.5) is 0 Å². The standard InChI is InChI=1S/C31H27NO3/c33-30(29(23-13-6-2-7-14-23)24-15-8-3-9-16-24)32-21-26-18-10-17-25(19-22-11-4-1-5-12-22)27(26)20-28(32)31(34)35/h1-18,28-29H,19-21H2,(H,34,35). The zero-order chi connectivity index (χ0) is 24.2. The lowest BCUT2D eigenvalue weighted by Gasteiger charge is -2.37. The van der Waals surface area contributed by atoms with Crippen molar-refractivity contribution in [3.05, 3.63) is 143 Å². The Labute approximate surface area is 205 Å². The van der Waals surface area contributed by atoms with Crippen LogP contribution < -0.4 is 0 Å². The quantitative estimate of drug-likeness (QED) is 0.416. The molecule has 4 heteroatoms. The van der Waals surface area contributed by atoms with Crippen LogP contribution in [0.5, 0.6) is 0 Å². The van der Waals surface area contributed by atoms with Crippen molar-refractivity contribution in [3.8, 4) is 0 Å². The van der Waals surface area contributed by atoms with Crippen LogP contribution in [0.15, 0.2) is 109 Å². The molecule has 1 heterocycles. The Kier molecular flexibility index (Phi) is 6.44. The predicted octanol–water partition coefficient (Wildman–Crippen LogP) is 5.45. The Bertz CT molecular complexity index is 1280. The first-order chi connectivity index (χ1) is 17.1. The molecule has 5 rings (SSSR count). The summed E-state index contributed by atoms with van der Waals surface area (Å²) in [5, 5.41) is 10.2. The minimum Gasteiger partial charge on any atom is -0.480 e. The Balaban J connectivity index is 1.52. The second-order valence-electron chi connectivity index (χ2n) is 9.00. The third-order valence-electron chi connectivity index (χ3n) is 6.80. The molecule has 0 aromatic heterocycles. The summed E-state index contributed by atoms with van der Waals surface area (Å²) in [5.41, 5.74) is 6.08. The number of benzene rings is 4. The number of amides is 1. The first kappa shape index (κ1) is 22.6. The van der Waals surface area contributed by atoms with Crippen molar-refractivity contribution in [2.45, 2.75) is 31.3 Å². The molecule has 0 spiro atoms. The van der Waals surface area contributed by atoms with Crippen LogP contribution in [-0.2, 0) is 29.0 Å². The molecule has 1 unspecified atom stereocenters. The summed E-state index contributed by atoms with van der Waals surface area (Å²) in [5.74, 6) is -1.72. The number of carboxylic acid groups (broad SMARTS) is 1. The fraction of sp³-hybridized carbons (Fsp3) is 0.161. The second-order valence-corrected chi connectivity index (χ2v) is 9.00. The molecule has 1 amide bonds. The summed E-state index contributed by atoms with van der Waals surface area (Å²) in [6, 6.07) is 34.6. The van der Waals surface area contributed by atoms with Gasteiger partial charge in [0.1, 0.15) is 6.04 Å². The molecule has 4 aromatic rings. The average molecular weight is 462 g/mol. The van der Waals surface area contributed by atoms with Crippen molar-refractivity contribution in [1.82, 2.24) is 4.90 Å². The van der Waals surface area contributed by atoms with Crippen LogP contribution >= 0.6 is 0 Å². The molecule has 0 saturated heterocycles. The SMILES string of the molecule is O=C(O)C1Cc2c(Cc3ccccc3)cccc2CN1C(=O)C(c1ccccc1)c1ccccc1. The highest BCUT2D eigenvalue weighted by atomic mass is 16.4. The molecular formula is C31H27NO3. The molecule has 1 N–H and O–H groups in total. The summed E-state index contributed by atoms with van der Waals surface area (Å²) >= 11 is 0. The highest BCUT2D eigenvalue weighted by Crippen LogP contribution is 2.33. The lowest BCUT2D eigenvalue weighted by Crippen LogP contribution is -2.50. The van der Waals surface area contributed by atoms with E-state index in [1.54, 1.807) is 4.90 Å². The van der Waals surface area contributed by atoms with Crippen LogP contribution in [0.25, 0.3) is 0 Å². The summed E-state index contributed by atoms with van der Waals surface area (Å²) < 4.78 is 0. The number of hydrogen-bond acceptors (Lipinski definition) is 2. The van der Waals surface area contributed by atoms with Crippen molar-refractivity contribution in [3.63, 3.8) is 0 Å². The number of carboxylic acids is 1. The first-order valence-corrected chi connectivity index (χ1v) is 11.9. The molecule has 0 bridgehead atoms. The molecule has 1 aliphatic rings. The second kappa shape index (κ2) is 9.98. The van der Waals surface area contributed by atoms with E-state index in [1.165, 1.54) is 5.56 Å². The van der Waals surface area contributed by atoms with Gasteiger partial charge < -0.3 is 10.0 Å². The molecule has 0 fully saturated rings. The van der Waals surface area contributed by atoms with Gasteiger partial charge in [-0.25, -0.2) is 4.79 Å². The molecule has 4 nitrogen and oxygen atoms in total. The van der Waals surface area contributed by atoms with E-state index in [9.17, 15) is 14.7 Å². The fourth-order valence-electron chi connectivity index (χ4n) is 5.06. The Morgan fingerprint density at radius 3 is 1.91 bits per heavy atom. The van der Waals surface area contributed by atoms with Gasteiger partial charge in [-0.2, -0.15) is 0 Å². The van der Waals surface area contributed by atoms with E-state index in [1.807, 2.05) is 91.0 Å². The maximum Gasteiger partial charge on any atom is 0.326 e. The van der Waals surface area contributed by atoms with Crippen molar-refractivity contribution in [2.24, 2.45) is 0 Å². The maximum absolute atomic E-state index is 14.1. The number of rotatable bonds is 6. The van der Waals surface area contributed by atoms with Gasteiger partial charge in [0.05, 0.1) is 5.92 Å². The smallest absolute Gasteiger partial charge is 0.326 e. The van der Waals surface area contributed by atoms with E-state index in [0.717, 1.165) is 34.2 Å². The topological polar surface area (TPSA) is 57.6 Å². The van der Waals surface area contributed by atoms with Crippen molar-refractivity contribution < 1.29 is 14.7 Å². The zero-order valence-electron chi connectivity index (χ0n) is 19.4. The zero-order valence-corrected chi connectivity index (χ0v) is 19.4. The number of carbonyl (C=O) groups is 2. The summed E-state index contributed by atoms with van der Waals surface area (Å²) in [6.45, 7) is 0.282. The molecule has 0 aliphatic carbocycles. The van der Waals surface area contributed by atoms with E-state index in [0.29, 0.717) is 6.42 Å². The van der Waals surface area contributed by atoms with E-state index < -0.39 is 17.9 Å². The third kappa shape index (κ3) is 4.73. The van der Waals surface area contributed by atoms with Crippen LogP contribution in [0.2, 0.25) is 0 Å². The monoisotopic (exact) mass is 461 g/mol. The largest absolute Gasteiger partial charge is 0.480 e. The van der Waals surface area contributed by atoms with Gasteiger partial charge in [0.2, 0.25) is 5.91 Å². The van der Waals surface area contributed by atoms with E-state index in [-0.39, 0.29) is 12.5 Å². The summed E-state index contributed by atoms with van der Waals surface area (Å²) in [7, 11) is 0. The Hall–Kier alpha value is -4.18. The van der Waals surface area contributed by atoms with Crippen LogP contribution in [0.1, 0.15) is 39.3 Å². The van der Waals surface area contributed by atoms with E-state index in [2.05, 4.69) is 18.2 Å². The molecule has 0 saturated carbocycles. The molecule has 174 valence electrons. The van der Waals surface area contributed by atoms with Crippen molar-refractivity contribution >= 4 is 11.9 Å². The average Bonchev–Trinajstić information content (AvgIpc) is 2.90. The number of carbonyl (C=O) groups excluding carboxylic acids is 1. The van der Waals surface area contributed by atoms with E-state index in [4.69, 9.17) is 0 Å². The Morgan fingerprint density at radius 2 is 1.34 bits per heavy atom. The lowest BCUT2D eigenvalue weighted by molar-refractivity contribution is -0.151. The fourth-order valence-corrected chi connectivity index (χ4v) is 5.06. The lowest BCUT2D eigenvalue weighted by atomic mass is 9.85. The number of hydrogen-bond donors (Lipinski definition) is 1. The van der Waals surface area contributed by atoms with Gasteiger partial charge in [-0.3, -0.25) is 4.79 Å². The minimum atomic E-state index is -0.974. The Morgan fingerprint density at radius 1 is 0.771 bits per heavy atom. The van der Waals surface area contributed by atoms with Gasteiger partial charge in [-0.05, 0) is 39.8 Å². The summed E-state index contributed by atoms with van der Waals surface area (Å²) in [6.07, 6.45) is 1.04. The van der Waals surface area contributed by atoms with Crippen LogP contribution in [-0.4, -0.2) is 27.9 Å². The normalized spacial score (nSPS) is 15.0. The molecule has 35 heavy (non-hydrogen) atoms. The molecule has 4 aromatic carbocycles. The van der Waals surface area contributed by atoms with Crippen LogP contribution in [0, 0.1) is 0 Å². The van der Waals surface area contributed by atoms with Gasteiger partial charge in [0.25, 0.3) is 0 Å². The number of nitrogens with zero attached hydrogens (tertiary/aromatic N) is 1. The highest BCUT2D eigenvalue weighted by Gasteiger charge is 2.39. The predicted molar refractivity (Wildman–Crippen MR) is 136 cm³/mol. The van der Waals surface area contributed by atoms with Gasteiger partial charge in [0, 0.05) is 13.0 Å². The molecule has 1 aliphatic heterocycles. The highest BCUT2D eigenvalue weighted by molar-refractivity contribution is 5.91. The summed E-state index contributed by atoms with van der Waals surface area (Å²) in [4.78, 5) is 28.1. The maximum atomic E-state index is 14.1. The van der Waals surface area contributed by atoms with Gasteiger partial charge in [0.15, 0.2) is 0 Å². The van der Waals surface area contributed by atoms with Gasteiger partial charge in [-0.15, -0.1) is 0 Å².